The molecular formula is C25H29F2NO3S. The molecule has 0 aliphatic heterocycles. The van der Waals surface area contributed by atoms with Crippen LogP contribution in [0.1, 0.15) is 42.6 Å². The van der Waals surface area contributed by atoms with E-state index in [2.05, 4.69) is 11.9 Å². The smallest absolute Gasteiger partial charge is 0.328 e. The van der Waals surface area contributed by atoms with Gasteiger partial charge < -0.3 is 10.4 Å². The highest BCUT2D eigenvalue weighted by Gasteiger charge is 2.13. The summed E-state index contributed by atoms with van der Waals surface area (Å²) < 4.78 is 27.4. The molecule has 1 amide bonds. The molecule has 0 atom stereocenters. The molecule has 0 bridgehead atoms. The fraction of sp³-hybridized carbons (Fsp3) is 0.280. The standard InChI is InChI=1S/C25H29F2NO3S/c1-4-8-19(15-18(3)26)16-20-12-13-23(27)22(17-20)25(31)28-14-7-10-21(32-5-2)9-6-11-24(29)30/h4,6,8-9,11-13,15,17H,3,5,7,10,14,16H2,1-2H3,(H,28,31)(H,29,30)/b8-4-,11-6+,19-15+,21-9-. The van der Waals surface area contributed by atoms with Gasteiger partial charge in [0.2, 0.25) is 0 Å². The van der Waals surface area contributed by atoms with Crippen molar-refractivity contribution in [3.8, 4) is 0 Å². The predicted octanol–water partition coefficient (Wildman–Crippen LogP) is 6.14. The summed E-state index contributed by atoms with van der Waals surface area (Å²) in [4.78, 5) is 24.0. The van der Waals surface area contributed by atoms with Crippen molar-refractivity contribution in [2.24, 2.45) is 0 Å². The molecule has 0 spiro atoms. The Balaban J connectivity index is 2.75. The van der Waals surface area contributed by atoms with Gasteiger partial charge in [-0.15, -0.1) is 11.8 Å². The monoisotopic (exact) mass is 461 g/mol. The van der Waals surface area contributed by atoms with Crippen LogP contribution in [-0.2, 0) is 11.2 Å². The van der Waals surface area contributed by atoms with E-state index in [1.165, 1.54) is 24.3 Å². The molecule has 0 radical (unpaired) electrons. The van der Waals surface area contributed by atoms with Crippen molar-refractivity contribution in [1.82, 2.24) is 5.32 Å². The molecule has 2 N–H and O–H groups in total. The first-order valence-electron chi connectivity index (χ1n) is 10.2. The normalized spacial score (nSPS) is 12.5. The van der Waals surface area contributed by atoms with Crippen LogP contribution in [0.5, 0.6) is 0 Å². The molecule has 0 fully saturated rings. The molecule has 0 unspecified atom stereocenters. The Morgan fingerprint density at radius 2 is 2.03 bits per heavy atom. The molecule has 0 heterocycles. The largest absolute Gasteiger partial charge is 0.478 e. The van der Waals surface area contributed by atoms with Gasteiger partial charge in [0.25, 0.3) is 5.91 Å². The van der Waals surface area contributed by atoms with Gasteiger partial charge in [0, 0.05) is 12.6 Å². The van der Waals surface area contributed by atoms with Gasteiger partial charge in [0.15, 0.2) is 0 Å². The van der Waals surface area contributed by atoms with Crippen molar-refractivity contribution in [3.05, 3.63) is 94.5 Å². The maximum atomic E-state index is 14.2. The third-order valence-corrected chi connectivity index (χ3v) is 5.14. The van der Waals surface area contributed by atoms with Crippen molar-refractivity contribution >= 4 is 23.6 Å². The van der Waals surface area contributed by atoms with E-state index in [0.717, 1.165) is 16.7 Å². The van der Waals surface area contributed by atoms with E-state index in [1.54, 1.807) is 43.0 Å². The molecule has 0 saturated heterocycles. The first-order valence-corrected chi connectivity index (χ1v) is 11.2. The molecule has 1 aromatic carbocycles. The van der Waals surface area contributed by atoms with Crippen molar-refractivity contribution in [3.63, 3.8) is 0 Å². The molecule has 0 aliphatic carbocycles. The quantitative estimate of drug-likeness (QED) is 0.210. The minimum Gasteiger partial charge on any atom is -0.478 e. The van der Waals surface area contributed by atoms with E-state index in [9.17, 15) is 18.4 Å². The highest BCUT2D eigenvalue weighted by Crippen LogP contribution is 2.21. The van der Waals surface area contributed by atoms with Crippen LogP contribution in [-0.4, -0.2) is 29.3 Å². The molecule has 0 aromatic heterocycles. The lowest BCUT2D eigenvalue weighted by atomic mass is 10.0. The summed E-state index contributed by atoms with van der Waals surface area (Å²) in [5.74, 6) is -1.89. The zero-order valence-electron chi connectivity index (χ0n) is 18.4. The van der Waals surface area contributed by atoms with Crippen LogP contribution in [0, 0.1) is 5.82 Å². The van der Waals surface area contributed by atoms with Crippen LogP contribution in [0.4, 0.5) is 8.78 Å². The van der Waals surface area contributed by atoms with Crippen LogP contribution in [0.15, 0.2) is 77.5 Å². The molecular weight excluding hydrogens is 432 g/mol. The molecule has 32 heavy (non-hydrogen) atoms. The maximum Gasteiger partial charge on any atom is 0.328 e. The Labute approximate surface area is 192 Å². The Morgan fingerprint density at radius 1 is 1.28 bits per heavy atom. The number of thioether (sulfide) groups is 1. The Hall–Kier alpha value is -2.93. The van der Waals surface area contributed by atoms with E-state index in [4.69, 9.17) is 5.11 Å². The lowest BCUT2D eigenvalue weighted by molar-refractivity contribution is -0.131. The topological polar surface area (TPSA) is 66.4 Å². The molecule has 1 rings (SSSR count). The Bertz CT molecular complexity index is 933. The van der Waals surface area contributed by atoms with Crippen LogP contribution in [0.2, 0.25) is 0 Å². The summed E-state index contributed by atoms with van der Waals surface area (Å²) in [6.07, 6.45) is 10.7. The number of aliphatic carboxylic acids is 1. The number of carboxylic acids is 1. The lowest BCUT2D eigenvalue weighted by Crippen LogP contribution is -2.25. The average Bonchev–Trinajstić information content (AvgIpc) is 2.71. The second-order valence-electron chi connectivity index (χ2n) is 6.78. The van der Waals surface area contributed by atoms with E-state index in [0.29, 0.717) is 36.9 Å². The predicted molar refractivity (Wildman–Crippen MR) is 128 cm³/mol. The lowest BCUT2D eigenvalue weighted by Gasteiger charge is -2.10. The number of amides is 1. The van der Waals surface area contributed by atoms with Gasteiger partial charge in [-0.05, 0) is 66.2 Å². The highest BCUT2D eigenvalue weighted by atomic mass is 32.2. The number of halogens is 2. The molecule has 172 valence electrons. The summed E-state index contributed by atoms with van der Waals surface area (Å²) in [7, 11) is 0. The van der Waals surface area contributed by atoms with Crippen molar-refractivity contribution in [2.75, 3.05) is 12.3 Å². The van der Waals surface area contributed by atoms with Crippen molar-refractivity contribution < 1.29 is 23.5 Å². The number of carboxylic acid groups (broad SMARTS) is 1. The minimum absolute atomic E-state index is 0.0653. The number of benzene rings is 1. The van der Waals surface area contributed by atoms with Crippen LogP contribution in [0.3, 0.4) is 0 Å². The van der Waals surface area contributed by atoms with E-state index < -0.39 is 23.5 Å². The van der Waals surface area contributed by atoms with Gasteiger partial charge in [-0.1, -0.05) is 43.9 Å². The number of carbonyl (C=O) groups excluding carboxylic acids is 1. The Morgan fingerprint density at radius 3 is 2.66 bits per heavy atom. The second kappa shape index (κ2) is 15.0. The number of rotatable bonds is 13. The number of nitrogens with one attached hydrogen (secondary N) is 1. The molecule has 1 aromatic rings. The van der Waals surface area contributed by atoms with E-state index in [-0.39, 0.29) is 5.56 Å². The van der Waals surface area contributed by atoms with Crippen molar-refractivity contribution in [2.45, 2.75) is 33.1 Å². The highest BCUT2D eigenvalue weighted by molar-refractivity contribution is 8.03. The molecule has 0 aliphatic rings. The minimum atomic E-state index is -1.01. The average molecular weight is 462 g/mol. The molecule has 4 nitrogen and oxygen atoms in total. The first-order chi connectivity index (χ1) is 15.3. The molecule has 0 saturated carbocycles. The number of carbonyl (C=O) groups is 2. The SMILES string of the molecule is C=C(F)/C=C(\C=C/C)Cc1ccc(F)c(C(=O)NCCC/C(=C/C=C/C(=O)O)SCC)c1. The van der Waals surface area contributed by atoms with Gasteiger partial charge in [0.1, 0.15) is 11.6 Å². The third kappa shape index (κ3) is 10.9. The maximum absolute atomic E-state index is 14.2. The third-order valence-electron chi connectivity index (χ3n) is 4.14. The van der Waals surface area contributed by atoms with Crippen LogP contribution >= 0.6 is 11.8 Å². The zero-order chi connectivity index (χ0) is 23.9. The van der Waals surface area contributed by atoms with Gasteiger partial charge >= 0.3 is 5.97 Å². The number of hydrogen-bond donors (Lipinski definition) is 2. The summed E-state index contributed by atoms with van der Waals surface area (Å²) in [6.45, 7) is 7.38. The first kappa shape index (κ1) is 27.1. The summed E-state index contributed by atoms with van der Waals surface area (Å²) >= 11 is 1.60. The molecule has 7 heteroatoms. The zero-order valence-corrected chi connectivity index (χ0v) is 19.2. The van der Waals surface area contributed by atoms with Crippen LogP contribution in [0.25, 0.3) is 0 Å². The summed E-state index contributed by atoms with van der Waals surface area (Å²) in [5.41, 5.74) is 1.27. The summed E-state index contributed by atoms with van der Waals surface area (Å²) in [6, 6.07) is 4.27. The van der Waals surface area contributed by atoms with Gasteiger partial charge in [-0.2, -0.15) is 0 Å². The van der Waals surface area contributed by atoms with E-state index in [1.807, 2.05) is 6.92 Å². The fourth-order valence-corrected chi connectivity index (χ4v) is 3.69. The van der Waals surface area contributed by atoms with Gasteiger partial charge in [-0.3, -0.25) is 4.79 Å². The van der Waals surface area contributed by atoms with Crippen molar-refractivity contribution in [1.29, 1.82) is 0 Å². The second-order valence-corrected chi connectivity index (χ2v) is 8.17. The number of hydrogen-bond acceptors (Lipinski definition) is 3. The van der Waals surface area contributed by atoms with Gasteiger partial charge in [0.05, 0.1) is 5.56 Å². The van der Waals surface area contributed by atoms with Gasteiger partial charge in [-0.25, -0.2) is 13.6 Å². The summed E-state index contributed by atoms with van der Waals surface area (Å²) in [5, 5.41) is 11.4. The Kier molecular flexibility index (Phi) is 12.7. The van der Waals surface area contributed by atoms with Crippen LogP contribution < -0.4 is 5.32 Å². The van der Waals surface area contributed by atoms with E-state index >= 15 is 0 Å². The fourth-order valence-electron chi connectivity index (χ4n) is 2.85. The number of allylic oxidation sites excluding steroid dienone is 8.